The zero-order valence-electron chi connectivity index (χ0n) is 13.4. The molecule has 0 spiro atoms. The van der Waals surface area contributed by atoms with Crippen LogP contribution < -0.4 is 5.32 Å². The molecule has 1 aromatic heterocycles. The molecule has 126 valence electrons. The zero-order chi connectivity index (χ0) is 17.0. The molecule has 1 aliphatic heterocycles. The number of nitrogens with zero attached hydrogens (tertiary/aromatic N) is 1. The van der Waals surface area contributed by atoms with Crippen LogP contribution in [0.5, 0.6) is 0 Å². The van der Waals surface area contributed by atoms with E-state index in [0.717, 1.165) is 12.8 Å². The van der Waals surface area contributed by atoms with Gasteiger partial charge in [0.15, 0.2) is 0 Å². The molecule has 0 saturated carbocycles. The number of carbonyl (C=O) groups is 3. The topological polar surface area (TPSA) is 99.9 Å². The zero-order valence-corrected chi connectivity index (χ0v) is 13.4. The fourth-order valence-electron chi connectivity index (χ4n) is 2.83. The molecular formula is C16H22N2O5. The second-order valence-electron chi connectivity index (χ2n) is 5.70. The van der Waals surface area contributed by atoms with Crippen LogP contribution in [0.1, 0.15) is 54.5 Å². The number of aromatic carboxylic acids is 1. The number of aryl methyl sites for hydroxylation is 1. The molecule has 0 radical (unpaired) electrons. The number of amides is 2. The standard InChI is InChI=1S/C16H22N2O5/c1-3-5-14(19)18-7-4-6-13(18)15(20)17-9-11-8-12(16(21)22)10(2)23-11/h8,13H,3-7,9H2,1-2H3,(H,17,20)(H,21,22). The van der Waals surface area contributed by atoms with Crippen molar-refractivity contribution >= 4 is 17.8 Å². The fourth-order valence-corrected chi connectivity index (χ4v) is 2.83. The number of nitrogens with one attached hydrogen (secondary N) is 1. The van der Waals surface area contributed by atoms with Crippen molar-refractivity contribution < 1.29 is 23.9 Å². The van der Waals surface area contributed by atoms with E-state index in [4.69, 9.17) is 9.52 Å². The molecule has 0 bridgehead atoms. The van der Waals surface area contributed by atoms with Gasteiger partial charge in [0.2, 0.25) is 11.8 Å². The van der Waals surface area contributed by atoms with Gasteiger partial charge < -0.3 is 19.7 Å². The summed E-state index contributed by atoms with van der Waals surface area (Å²) in [6.07, 6.45) is 2.67. The van der Waals surface area contributed by atoms with E-state index in [1.807, 2.05) is 6.92 Å². The molecule has 1 unspecified atom stereocenters. The summed E-state index contributed by atoms with van der Waals surface area (Å²) < 4.78 is 5.33. The maximum absolute atomic E-state index is 12.3. The summed E-state index contributed by atoms with van der Waals surface area (Å²) in [5, 5.41) is 11.7. The third-order valence-corrected chi connectivity index (χ3v) is 3.98. The second-order valence-corrected chi connectivity index (χ2v) is 5.70. The van der Waals surface area contributed by atoms with Crippen LogP contribution in [0.4, 0.5) is 0 Å². The van der Waals surface area contributed by atoms with Crippen LogP contribution >= 0.6 is 0 Å². The molecule has 7 heteroatoms. The highest BCUT2D eigenvalue weighted by atomic mass is 16.4. The maximum Gasteiger partial charge on any atom is 0.339 e. The summed E-state index contributed by atoms with van der Waals surface area (Å²) in [6.45, 7) is 4.22. The quantitative estimate of drug-likeness (QED) is 0.830. The highest BCUT2D eigenvalue weighted by Gasteiger charge is 2.33. The van der Waals surface area contributed by atoms with Gasteiger partial charge in [-0.25, -0.2) is 4.79 Å². The first-order valence-electron chi connectivity index (χ1n) is 7.83. The Labute approximate surface area is 134 Å². The lowest BCUT2D eigenvalue weighted by Crippen LogP contribution is -2.45. The Morgan fingerprint density at radius 2 is 2.17 bits per heavy atom. The Morgan fingerprint density at radius 3 is 2.78 bits per heavy atom. The summed E-state index contributed by atoms with van der Waals surface area (Å²) in [5.41, 5.74) is 0.0925. The molecule has 1 saturated heterocycles. The molecule has 1 atom stereocenters. The summed E-state index contributed by atoms with van der Waals surface area (Å²) in [5.74, 6) is -0.582. The van der Waals surface area contributed by atoms with E-state index in [0.29, 0.717) is 30.9 Å². The molecule has 2 rings (SSSR count). The largest absolute Gasteiger partial charge is 0.478 e. The van der Waals surface area contributed by atoms with Crippen LogP contribution in [0.3, 0.4) is 0 Å². The average molecular weight is 322 g/mol. The average Bonchev–Trinajstić information content (AvgIpc) is 3.11. The lowest BCUT2D eigenvalue weighted by molar-refractivity contribution is -0.138. The number of likely N-dealkylation sites (tertiary alicyclic amines) is 1. The summed E-state index contributed by atoms with van der Waals surface area (Å²) >= 11 is 0. The molecule has 2 N–H and O–H groups in total. The Hall–Kier alpha value is -2.31. The Morgan fingerprint density at radius 1 is 1.43 bits per heavy atom. The first-order chi connectivity index (χ1) is 10.9. The van der Waals surface area contributed by atoms with Crippen molar-refractivity contribution in [2.24, 2.45) is 0 Å². The van der Waals surface area contributed by atoms with Crippen molar-refractivity contribution in [2.45, 2.75) is 52.1 Å². The van der Waals surface area contributed by atoms with Gasteiger partial charge in [-0.05, 0) is 32.3 Å². The number of carboxylic acid groups (broad SMARTS) is 1. The molecule has 1 fully saturated rings. The third kappa shape index (κ3) is 3.91. The lowest BCUT2D eigenvalue weighted by Gasteiger charge is -2.23. The molecule has 1 aliphatic rings. The minimum Gasteiger partial charge on any atom is -0.478 e. The molecule has 0 aliphatic carbocycles. The van der Waals surface area contributed by atoms with Crippen molar-refractivity contribution in [2.75, 3.05) is 6.54 Å². The van der Waals surface area contributed by atoms with Gasteiger partial charge in [0, 0.05) is 13.0 Å². The Balaban J connectivity index is 1.95. The van der Waals surface area contributed by atoms with Crippen LogP contribution in [0.2, 0.25) is 0 Å². The molecule has 2 amide bonds. The molecule has 2 heterocycles. The van der Waals surface area contributed by atoms with Crippen molar-refractivity contribution in [1.82, 2.24) is 10.2 Å². The van der Waals surface area contributed by atoms with E-state index >= 15 is 0 Å². The first-order valence-corrected chi connectivity index (χ1v) is 7.83. The van der Waals surface area contributed by atoms with Gasteiger partial charge in [0.05, 0.1) is 6.54 Å². The smallest absolute Gasteiger partial charge is 0.339 e. The van der Waals surface area contributed by atoms with Gasteiger partial charge in [-0.3, -0.25) is 9.59 Å². The number of hydrogen-bond acceptors (Lipinski definition) is 4. The van der Waals surface area contributed by atoms with E-state index in [1.165, 1.54) is 6.07 Å². The highest BCUT2D eigenvalue weighted by Crippen LogP contribution is 2.19. The molecule has 7 nitrogen and oxygen atoms in total. The molecule has 1 aromatic rings. The summed E-state index contributed by atoms with van der Waals surface area (Å²) in [7, 11) is 0. The molecule has 0 aromatic carbocycles. The number of furan rings is 1. The number of carbonyl (C=O) groups excluding carboxylic acids is 2. The monoisotopic (exact) mass is 322 g/mol. The maximum atomic E-state index is 12.3. The van der Waals surface area contributed by atoms with Crippen molar-refractivity contribution in [1.29, 1.82) is 0 Å². The van der Waals surface area contributed by atoms with Crippen LogP contribution in [0.25, 0.3) is 0 Å². The van der Waals surface area contributed by atoms with E-state index in [-0.39, 0.29) is 23.9 Å². The minimum absolute atomic E-state index is 0.00663. The van der Waals surface area contributed by atoms with Gasteiger partial charge >= 0.3 is 5.97 Å². The van der Waals surface area contributed by atoms with Crippen molar-refractivity contribution in [3.05, 3.63) is 23.2 Å². The van der Waals surface area contributed by atoms with Gasteiger partial charge in [-0.1, -0.05) is 6.92 Å². The Bertz CT molecular complexity index is 608. The van der Waals surface area contributed by atoms with Crippen LogP contribution in [0.15, 0.2) is 10.5 Å². The normalized spacial score (nSPS) is 17.3. The van der Waals surface area contributed by atoms with Crippen molar-refractivity contribution in [3.8, 4) is 0 Å². The van der Waals surface area contributed by atoms with Gasteiger partial charge in [-0.15, -0.1) is 0 Å². The molecule has 23 heavy (non-hydrogen) atoms. The van der Waals surface area contributed by atoms with Crippen LogP contribution in [-0.2, 0) is 16.1 Å². The third-order valence-electron chi connectivity index (χ3n) is 3.98. The van der Waals surface area contributed by atoms with Gasteiger partial charge in [-0.2, -0.15) is 0 Å². The lowest BCUT2D eigenvalue weighted by atomic mass is 10.2. The Kier molecular flexibility index (Phi) is 5.41. The summed E-state index contributed by atoms with van der Waals surface area (Å²) in [6, 6.07) is 0.969. The SMILES string of the molecule is CCCC(=O)N1CCCC1C(=O)NCc1cc(C(=O)O)c(C)o1. The second kappa shape index (κ2) is 7.30. The van der Waals surface area contributed by atoms with Gasteiger partial charge in [0.25, 0.3) is 0 Å². The van der Waals surface area contributed by atoms with E-state index < -0.39 is 12.0 Å². The van der Waals surface area contributed by atoms with Crippen LogP contribution in [0, 0.1) is 6.92 Å². The predicted molar refractivity (Wildman–Crippen MR) is 81.9 cm³/mol. The first kappa shape index (κ1) is 17.1. The van der Waals surface area contributed by atoms with E-state index in [1.54, 1.807) is 11.8 Å². The molecular weight excluding hydrogens is 300 g/mol. The number of carboxylic acids is 1. The fraction of sp³-hybridized carbons (Fsp3) is 0.562. The summed E-state index contributed by atoms with van der Waals surface area (Å²) in [4.78, 5) is 36.9. The van der Waals surface area contributed by atoms with E-state index in [2.05, 4.69) is 5.32 Å². The van der Waals surface area contributed by atoms with Crippen LogP contribution in [-0.4, -0.2) is 40.4 Å². The highest BCUT2D eigenvalue weighted by molar-refractivity contribution is 5.89. The van der Waals surface area contributed by atoms with Gasteiger partial charge in [0.1, 0.15) is 23.1 Å². The van der Waals surface area contributed by atoms with E-state index in [9.17, 15) is 14.4 Å². The number of hydrogen-bond donors (Lipinski definition) is 2. The minimum atomic E-state index is -1.06. The number of rotatable bonds is 6. The van der Waals surface area contributed by atoms with Crippen molar-refractivity contribution in [3.63, 3.8) is 0 Å². The predicted octanol–water partition coefficient (Wildman–Crippen LogP) is 1.69.